The van der Waals surface area contributed by atoms with E-state index < -0.39 is 5.82 Å². The van der Waals surface area contributed by atoms with Crippen molar-refractivity contribution in [3.05, 3.63) is 42.0 Å². The third-order valence-corrected chi connectivity index (χ3v) is 2.16. The van der Waals surface area contributed by atoms with Gasteiger partial charge in [0.25, 0.3) is 0 Å². The third kappa shape index (κ3) is 2.81. The summed E-state index contributed by atoms with van der Waals surface area (Å²) in [5, 5.41) is 12.4. The van der Waals surface area contributed by atoms with E-state index in [-0.39, 0.29) is 11.7 Å². The van der Waals surface area contributed by atoms with Crippen molar-refractivity contribution in [2.45, 2.75) is 6.54 Å². The number of nitrogens with two attached hydrogens (primary N) is 1. The van der Waals surface area contributed by atoms with Crippen molar-refractivity contribution in [3.63, 3.8) is 0 Å². The molecule has 0 unspecified atom stereocenters. The zero-order valence-electron chi connectivity index (χ0n) is 8.89. The van der Waals surface area contributed by atoms with E-state index in [4.69, 9.17) is 5.73 Å². The molecule has 0 aliphatic heterocycles. The Morgan fingerprint density at radius 1 is 1.29 bits per heavy atom. The predicted octanol–water partition coefficient (Wildman–Crippen LogP) is 1.52. The zero-order chi connectivity index (χ0) is 12.3. The van der Waals surface area contributed by atoms with Crippen molar-refractivity contribution in [3.8, 4) is 5.75 Å². The quantitative estimate of drug-likeness (QED) is 0.554. The summed E-state index contributed by atoms with van der Waals surface area (Å²) in [5.74, 6) is -0.0793. The second-order valence-electron chi connectivity index (χ2n) is 3.47. The first-order valence-electron chi connectivity index (χ1n) is 4.94. The number of nitrogens with one attached hydrogen (secondary N) is 1. The molecule has 1 heterocycles. The topological polar surface area (TPSA) is 84.1 Å². The van der Waals surface area contributed by atoms with Crippen LogP contribution in [0, 0.1) is 5.82 Å². The molecule has 0 atom stereocenters. The Hall–Kier alpha value is -2.37. The second-order valence-corrected chi connectivity index (χ2v) is 3.47. The number of benzene rings is 1. The smallest absolute Gasteiger partial charge is 0.223 e. The highest BCUT2D eigenvalue weighted by atomic mass is 19.1. The number of aromatic hydroxyl groups is 1. The molecule has 2 aromatic rings. The van der Waals surface area contributed by atoms with Crippen molar-refractivity contribution in [1.29, 1.82) is 0 Å². The maximum Gasteiger partial charge on any atom is 0.223 e. The summed E-state index contributed by atoms with van der Waals surface area (Å²) in [6.45, 7) is 0.308. The number of halogens is 1. The number of nitrogens with zero attached hydrogens (tertiary/aromatic N) is 2. The van der Waals surface area contributed by atoms with Crippen molar-refractivity contribution < 1.29 is 9.50 Å². The fourth-order valence-electron chi connectivity index (χ4n) is 1.32. The Kier molecular flexibility index (Phi) is 3.04. The molecule has 0 amide bonds. The number of hydrogen-bond acceptors (Lipinski definition) is 5. The molecule has 17 heavy (non-hydrogen) atoms. The fraction of sp³-hybridized carbons (Fsp3) is 0.0909. The van der Waals surface area contributed by atoms with Crippen molar-refractivity contribution in [2.24, 2.45) is 0 Å². The van der Waals surface area contributed by atoms with Gasteiger partial charge in [-0.2, -0.15) is 0 Å². The van der Waals surface area contributed by atoms with Crippen LogP contribution in [0.3, 0.4) is 0 Å². The molecule has 0 spiro atoms. The third-order valence-electron chi connectivity index (χ3n) is 2.16. The summed E-state index contributed by atoms with van der Waals surface area (Å²) in [6.07, 6.45) is 2.13. The standard InChI is InChI=1S/C11H11FN4O/c12-8-5-15-11(16-6-8)14-4-7-3-9(13)1-2-10(7)17/h1-3,5-6,17H,4,13H2,(H,14,15,16). The molecular formula is C11H11FN4O. The lowest BCUT2D eigenvalue weighted by Crippen LogP contribution is -2.04. The van der Waals surface area contributed by atoms with E-state index in [2.05, 4.69) is 15.3 Å². The number of anilines is 2. The minimum absolute atomic E-state index is 0.133. The lowest BCUT2D eigenvalue weighted by Gasteiger charge is -2.07. The summed E-state index contributed by atoms with van der Waals surface area (Å²) in [6, 6.07) is 4.76. The van der Waals surface area contributed by atoms with Crippen LogP contribution in [0.15, 0.2) is 30.6 Å². The van der Waals surface area contributed by atoms with Gasteiger partial charge in [0, 0.05) is 17.8 Å². The molecule has 2 rings (SSSR count). The first kappa shape index (κ1) is 11.1. The van der Waals surface area contributed by atoms with Crippen LogP contribution in [0.25, 0.3) is 0 Å². The highest BCUT2D eigenvalue weighted by molar-refractivity contribution is 5.48. The van der Waals surface area contributed by atoms with Gasteiger partial charge in [-0.25, -0.2) is 14.4 Å². The van der Waals surface area contributed by atoms with Gasteiger partial charge in [-0.05, 0) is 18.2 Å². The van der Waals surface area contributed by atoms with Crippen LogP contribution in [0.1, 0.15) is 5.56 Å². The first-order valence-corrected chi connectivity index (χ1v) is 4.94. The molecular weight excluding hydrogens is 223 g/mol. The summed E-state index contributed by atoms with van der Waals surface area (Å²) >= 11 is 0. The molecule has 0 fully saturated rings. The van der Waals surface area contributed by atoms with Crippen molar-refractivity contribution >= 4 is 11.6 Å². The second kappa shape index (κ2) is 4.65. The fourth-order valence-corrected chi connectivity index (χ4v) is 1.32. The Labute approximate surface area is 97.1 Å². The van der Waals surface area contributed by atoms with Gasteiger partial charge in [-0.1, -0.05) is 0 Å². The Balaban J connectivity index is 2.07. The molecule has 0 saturated heterocycles. The average Bonchev–Trinajstić information content (AvgIpc) is 2.32. The number of aromatic nitrogens is 2. The molecule has 0 saturated carbocycles. The minimum Gasteiger partial charge on any atom is -0.508 e. The molecule has 6 heteroatoms. The van der Waals surface area contributed by atoms with Crippen molar-refractivity contribution in [2.75, 3.05) is 11.1 Å². The summed E-state index contributed by atoms with van der Waals surface area (Å²) in [5.41, 5.74) is 6.77. The number of phenols is 1. The maximum atomic E-state index is 12.6. The van der Waals surface area contributed by atoms with E-state index >= 15 is 0 Å². The highest BCUT2D eigenvalue weighted by Gasteiger charge is 2.02. The average molecular weight is 234 g/mol. The summed E-state index contributed by atoms with van der Waals surface area (Å²) in [7, 11) is 0. The zero-order valence-corrected chi connectivity index (χ0v) is 8.89. The van der Waals surface area contributed by atoms with Gasteiger partial charge in [0.2, 0.25) is 5.95 Å². The van der Waals surface area contributed by atoms with Crippen LogP contribution in [0.4, 0.5) is 16.0 Å². The predicted molar refractivity (Wildman–Crippen MR) is 61.8 cm³/mol. The number of phenolic OH excluding ortho intramolecular Hbond substituents is 1. The molecule has 0 radical (unpaired) electrons. The summed E-state index contributed by atoms with van der Waals surface area (Å²) in [4.78, 5) is 7.47. The lowest BCUT2D eigenvalue weighted by molar-refractivity contribution is 0.469. The van der Waals surface area contributed by atoms with Gasteiger partial charge < -0.3 is 16.2 Å². The van der Waals surface area contributed by atoms with Gasteiger partial charge in [0.05, 0.1) is 12.4 Å². The Morgan fingerprint density at radius 2 is 2.00 bits per heavy atom. The van der Waals surface area contributed by atoms with E-state index in [0.717, 1.165) is 12.4 Å². The van der Waals surface area contributed by atoms with Crippen LogP contribution in [-0.4, -0.2) is 15.1 Å². The van der Waals surface area contributed by atoms with Crippen LogP contribution >= 0.6 is 0 Å². The highest BCUT2D eigenvalue weighted by Crippen LogP contribution is 2.20. The largest absolute Gasteiger partial charge is 0.508 e. The normalized spacial score (nSPS) is 10.2. The van der Waals surface area contributed by atoms with Gasteiger partial charge in [-0.3, -0.25) is 0 Å². The number of hydrogen-bond donors (Lipinski definition) is 3. The van der Waals surface area contributed by atoms with Crippen LogP contribution in [-0.2, 0) is 6.54 Å². The monoisotopic (exact) mass is 234 g/mol. The maximum absolute atomic E-state index is 12.6. The van der Waals surface area contributed by atoms with Gasteiger partial charge >= 0.3 is 0 Å². The van der Waals surface area contributed by atoms with E-state index in [9.17, 15) is 9.50 Å². The van der Waals surface area contributed by atoms with Crippen molar-refractivity contribution in [1.82, 2.24) is 9.97 Å². The molecule has 0 aliphatic carbocycles. The first-order chi connectivity index (χ1) is 8.15. The van der Waals surface area contributed by atoms with Crippen LogP contribution < -0.4 is 11.1 Å². The van der Waals surface area contributed by atoms with Crippen LogP contribution in [0.5, 0.6) is 5.75 Å². The van der Waals surface area contributed by atoms with E-state index in [1.165, 1.54) is 6.07 Å². The van der Waals surface area contributed by atoms with Crippen LogP contribution in [0.2, 0.25) is 0 Å². The number of nitrogen functional groups attached to an aromatic ring is 1. The van der Waals surface area contributed by atoms with Gasteiger partial charge in [-0.15, -0.1) is 0 Å². The van der Waals surface area contributed by atoms with E-state index in [1.54, 1.807) is 12.1 Å². The SMILES string of the molecule is Nc1ccc(O)c(CNc2ncc(F)cn2)c1. The van der Waals surface area contributed by atoms with Gasteiger partial charge in [0.15, 0.2) is 5.82 Å². The molecule has 0 aliphatic rings. The molecule has 5 nitrogen and oxygen atoms in total. The number of rotatable bonds is 3. The lowest BCUT2D eigenvalue weighted by atomic mass is 10.2. The van der Waals surface area contributed by atoms with E-state index in [1.807, 2.05) is 0 Å². The Bertz CT molecular complexity index is 515. The van der Waals surface area contributed by atoms with E-state index in [0.29, 0.717) is 17.8 Å². The molecule has 1 aromatic carbocycles. The molecule has 88 valence electrons. The summed E-state index contributed by atoms with van der Waals surface area (Å²) < 4.78 is 12.6. The minimum atomic E-state index is -0.498. The van der Waals surface area contributed by atoms with Gasteiger partial charge in [0.1, 0.15) is 5.75 Å². The molecule has 1 aromatic heterocycles. The Morgan fingerprint density at radius 3 is 2.71 bits per heavy atom. The molecule has 4 N–H and O–H groups in total. The molecule has 0 bridgehead atoms.